The molecule has 0 aliphatic heterocycles. The summed E-state index contributed by atoms with van der Waals surface area (Å²) < 4.78 is 11.1. The minimum absolute atomic E-state index is 0.0455. The topological polar surface area (TPSA) is 76.7 Å². The lowest BCUT2D eigenvalue weighted by molar-refractivity contribution is -0.131. The fraction of sp³-hybridized carbons (Fsp3) is 0.231. The van der Waals surface area contributed by atoms with Crippen LogP contribution >= 0.6 is 0 Å². The molecule has 0 spiro atoms. The van der Waals surface area contributed by atoms with E-state index in [0.29, 0.717) is 11.5 Å². The SMILES string of the molecule is CC(C)(C)c1ccc(OCC(=O)NNC(=O)COc2ccccc2-c2ccccc2)cc1. The van der Waals surface area contributed by atoms with Crippen molar-refractivity contribution in [1.82, 2.24) is 10.9 Å². The minimum atomic E-state index is -0.476. The highest BCUT2D eigenvalue weighted by Gasteiger charge is 2.13. The summed E-state index contributed by atoms with van der Waals surface area (Å²) in [5.41, 5.74) is 7.76. The molecular formula is C26H28N2O4. The molecule has 0 saturated carbocycles. The third-order valence-corrected chi connectivity index (χ3v) is 4.76. The molecule has 2 amide bonds. The molecule has 3 rings (SSSR count). The monoisotopic (exact) mass is 432 g/mol. The first kappa shape index (κ1) is 22.9. The molecule has 3 aromatic rings. The zero-order valence-corrected chi connectivity index (χ0v) is 18.6. The summed E-state index contributed by atoms with van der Waals surface area (Å²) in [7, 11) is 0. The summed E-state index contributed by atoms with van der Waals surface area (Å²) in [6.07, 6.45) is 0. The van der Waals surface area contributed by atoms with E-state index in [1.54, 1.807) is 6.07 Å². The number of hydrazine groups is 1. The summed E-state index contributed by atoms with van der Waals surface area (Å²) in [5, 5.41) is 0. The lowest BCUT2D eigenvalue weighted by Gasteiger charge is -2.19. The van der Waals surface area contributed by atoms with Crippen molar-refractivity contribution in [2.24, 2.45) is 0 Å². The van der Waals surface area contributed by atoms with E-state index in [1.165, 1.54) is 5.56 Å². The number of benzene rings is 3. The first-order chi connectivity index (χ1) is 15.3. The number of ether oxygens (including phenoxy) is 2. The van der Waals surface area contributed by atoms with Crippen molar-refractivity contribution in [3.63, 3.8) is 0 Å². The fourth-order valence-corrected chi connectivity index (χ4v) is 3.00. The molecule has 32 heavy (non-hydrogen) atoms. The number of nitrogens with one attached hydrogen (secondary N) is 2. The standard InChI is InChI=1S/C26H28N2O4/c1-26(2,3)20-13-15-21(16-14-20)31-17-24(29)27-28-25(30)18-32-23-12-8-7-11-22(23)19-9-5-4-6-10-19/h4-16H,17-18H2,1-3H3,(H,27,29)(H,28,30). The summed E-state index contributed by atoms with van der Waals surface area (Å²) in [4.78, 5) is 24.1. The van der Waals surface area contributed by atoms with Crippen LogP contribution in [0, 0.1) is 0 Å². The van der Waals surface area contributed by atoms with Crippen molar-refractivity contribution in [1.29, 1.82) is 0 Å². The lowest BCUT2D eigenvalue weighted by Crippen LogP contribution is -2.45. The second-order valence-corrected chi connectivity index (χ2v) is 8.31. The predicted octanol–water partition coefficient (Wildman–Crippen LogP) is 4.26. The van der Waals surface area contributed by atoms with Crippen LogP contribution in [-0.4, -0.2) is 25.0 Å². The van der Waals surface area contributed by atoms with E-state index >= 15 is 0 Å². The molecule has 0 aliphatic carbocycles. The van der Waals surface area contributed by atoms with Gasteiger partial charge in [0.1, 0.15) is 11.5 Å². The van der Waals surface area contributed by atoms with E-state index in [0.717, 1.165) is 11.1 Å². The summed E-state index contributed by atoms with van der Waals surface area (Å²) in [6.45, 7) is 5.93. The van der Waals surface area contributed by atoms with E-state index in [1.807, 2.05) is 72.8 Å². The van der Waals surface area contributed by atoms with Crippen LogP contribution in [0.4, 0.5) is 0 Å². The quantitative estimate of drug-likeness (QED) is 0.547. The number of amides is 2. The first-order valence-electron chi connectivity index (χ1n) is 10.4. The Kier molecular flexibility index (Phi) is 7.49. The predicted molar refractivity (Wildman–Crippen MR) is 124 cm³/mol. The Bertz CT molecular complexity index is 1040. The Morgan fingerprint density at radius 1 is 0.719 bits per heavy atom. The third-order valence-electron chi connectivity index (χ3n) is 4.76. The minimum Gasteiger partial charge on any atom is -0.484 e. The van der Waals surface area contributed by atoms with Gasteiger partial charge in [0.05, 0.1) is 0 Å². The molecule has 0 bridgehead atoms. The summed E-state index contributed by atoms with van der Waals surface area (Å²) in [5.74, 6) is 0.223. The van der Waals surface area contributed by atoms with Crippen LogP contribution in [0.15, 0.2) is 78.9 Å². The van der Waals surface area contributed by atoms with Crippen molar-refractivity contribution >= 4 is 11.8 Å². The van der Waals surface area contributed by atoms with E-state index in [9.17, 15) is 9.59 Å². The van der Waals surface area contributed by atoms with Gasteiger partial charge in [-0.3, -0.25) is 20.4 Å². The number of rotatable bonds is 7. The number of para-hydroxylation sites is 1. The van der Waals surface area contributed by atoms with Crippen molar-refractivity contribution in [2.75, 3.05) is 13.2 Å². The smallest absolute Gasteiger partial charge is 0.276 e. The van der Waals surface area contributed by atoms with Crippen molar-refractivity contribution in [3.05, 3.63) is 84.4 Å². The molecular weight excluding hydrogens is 404 g/mol. The van der Waals surface area contributed by atoms with E-state index in [2.05, 4.69) is 31.6 Å². The molecule has 0 aromatic heterocycles. The second kappa shape index (κ2) is 10.5. The molecule has 0 radical (unpaired) electrons. The fourth-order valence-electron chi connectivity index (χ4n) is 3.00. The average molecular weight is 433 g/mol. The van der Waals surface area contributed by atoms with Crippen molar-refractivity contribution in [2.45, 2.75) is 26.2 Å². The van der Waals surface area contributed by atoms with Crippen LogP contribution < -0.4 is 20.3 Å². The maximum atomic E-state index is 12.1. The Balaban J connectivity index is 1.43. The first-order valence-corrected chi connectivity index (χ1v) is 10.4. The molecule has 2 N–H and O–H groups in total. The van der Waals surface area contributed by atoms with Gasteiger partial charge >= 0.3 is 0 Å². The molecule has 3 aromatic carbocycles. The van der Waals surface area contributed by atoms with Gasteiger partial charge in [0.25, 0.3) is 11.8 Å². The third kappa shape index (κ3) is 6.60. The summed E-state index contributed by atoms with van der Waals surface area (Å²) >= 11 is 0. The van der Waals surface area contributed by atoms with Gasteiger partial charge < -0.3 is 9.47 Å². The van der Waals surface area contributed by atoms with Gasteiger partial charge in [0, 0.05) is 5.56 Å². The maximum Gasteiger partial charge on any atom is 0.276 e. The highest BCUT2D eigenvalue weighted by Crippen LogP contribution is 2.29. The molecule has 0 atom stereocenters. The summed E-state index contributed by atoms with van der Waals surface area (Å²) in [6, 6.07) is 24.8. The van der Waals surface area contributed by atoms with Crippen LogP contribution in [0.3, 0.4) is 0 Å². The van der Waals surface area contributed by atoms with Crippen LogP contribution in [0.1, 0.15) is 26.3 Å². The lowest BCUT2D eigenvalue weighted by atomic mass is 9.87. The van der Waals surface area contributed by atoms with Crippen LogP contribution in [-0.2, 0) is 15.0 Å². The molecule has 0 unspecified atom stereocenters. The van der Waals surface area contributed by atoms with Gasteiger partial charge in [-0.25, -0.2) is 0 Å². The Morgan fingerprint density at radius 2 is 1.28 bits per heavy atom. The Labute approximate surface area is 188 Å². The molecule has 0 heterocycles. The van der Waals surface area contributed by atoms with Crippen LogP contribution in [0.2, 0.25) is 0 Å². The second-order valence-electron chi connectivity index (χ2n) is 8.31. The van der Waals surface area contributed by atoms with Crippen LogP contribution in [0.5, 0.6) is 11.5 Å². The number of carbonyl (C=O) groups excluding carboxylic acids is 2. The zero-order chi connectivity index (χ0) is 23.0. The van der Waals surface area contributed by atoms with Gasteiger partial charge in [-0.1, -0.05) is 81.4 Å². The van der Waals surface area contributed by atoms with Gasteiger partial charge in [-0.2, -0.15) is 0 Å². The Morgan fingerprint density at radius 3 is 1.91 bits per heavy atom. The van der Waals surface area contributed by atoms with E-state index < -0.39 is 11.8 Å². The van der Waals surface area contributed by atoms with E-state index in [4.69, 9.17) is 9.47 Å². The zero-order valence-electron chi connectivity index (χ0n) is 18.6. The van der Waals surface area contributed by atoms with Gasteiger partial charge in [-0.15, -0.1) is 0 Å². The van der Waals surface area contributed by atoms with Crippen molar-refractivity contribution in [3.8, 4) is 22.6 Å². The number of hydrogen-bond acceptors (Lipinski definition) is 4. The number of hydrogen-bond donors (Lipinski definition) is 2. The molecule has 0 saturated heterocycles. The number of carbonyl (C=O) groups is 2. The molecule has 6 heteroatoms. The van der Waals surface area contributed by atoms with Gasteiger partial charge in [0.15, 0.2) is 13.2 Å². The van der Waals surface area contributed by atoms with E-state index in [-0.39, 0.29) is 18.6 Å². The molecule has 0 aliphatic rings. The largest absolute Gasteiger partial charge is 0.484 e. The average Bonchev–Trinajstić information content (AvgIpc) is 2.80. The van der Waals surface area contributed by atoms with Gasteiger partial charge in [0.2, 0.25) is 0 Å². The molecule has 166 valence electrons. The van der Waals surface area contributed by atoms with Gasteiger partial charge in [-0.05, 0) is 34.7 Å². The highest BCUT2D eigenvalue weighted by atomic mass is 16.5. The Hall–Kier alpha value is -3.80. The maximum absolute atomic E-state index is 12.1. The van der Waals surface area contributed by atoms with Crippen molar-refractivity contribution < 1.29 is 19.1 Å². The molecule has 0 fully saturated rings. The highest BCUT2D eigenvalue weighted by molar-refractivity contribution is 5.83. The molecule has 6 nitrogen and oxygen atoms in total. The van der Waals surface area contributed by atoms with Crippen LogP contribution in [0.25, 0.3) is 11.1 Å². The normalized spacial score (nSPS) is 10.8.